The first-order chi connectivity index (χ1) is 7.86. The molecule has 7 heteroatoms. The molecule has 2 aromatic heterocycles. The molecule has 0 aromatic carbocycles. The summed E-state index contributed by atoms with van der Waals surface area (Å²) in [5, 5.41) is 9.69. The lowest BCUT2D eigenvalue weighted by Gasteiger charge is -2.05. The molecule has 0 radical (unpaired) electrons. The highest BCUT2D eigenvalue weighted by Crippen LogP contribution is 2.09. The molecule has 0 atom stereocenters. The fourth-order valence-corrected chi connectivity index (χ4v) is 1.30. The van der Waals surface area contributed by atoms with E-state index in [9.17, 15) is 0 Å². The average molecular weight is 219 g/mol. The van der Waals surface area contributed by atoms with Crippen molar-refractivity contribution in [3.8, 4) is 0 Å². The largest absolute Gasteiger partial charge is 0.381 e. The first-order valence-electron chi connectivity index (χ1n) is 5.01. The second kappa shape index (κ2) is 5.06. The van der Waals surface area contributed by atoms with Crippen LogP contribution in [0.2, 0.25) is 0 Å². The summed E-state index contributed by atoms with van der Waals surface area (Å²) in [7, 11) is 0. The second-order valence-electron chi connectivity index (χ2n) is 3.25. The molecule has 0 bridgehead atoms. The number of rotatable bonds is 5. The molecule has 2 heterocycles. The smallest absolute Gasteiger partial charge is 0.168 e. The first-order valence-corrected chi connectivity index (χ1v) is 5.01. The van der Waals surface area contributed by atoms with Gasteiger partial charge in [-0.3, -0.25) is 5.10 Å². The molecule has 0 unspecified atom stereocenters. The van der Waals surface area contributed by atoms with Gasteiger partial charge in [-0.2, -0.15) is 5.10 Å². The summed E-state index contributed by atoms with van der Waals surface area (Å²) in [6.45, 7) is 0.767. The zero-order valence-electron chi connectivity index (χ0n) is 8.72. The number of nitrogens with zero attached hydrogens (tertiary/aromatic N) is 4. The molecule has 16 heavy (non-hydrogen) atoms. The van der Waals surface area contributed by atoms with Crippen LogP contribution in [0.25, 0.3) is 0 Å². The van der Waals surface area contributed by atoms with E-state index in [1.54, 1.807) is 12.4 Å². The normalized spacial score (nSPS) is 10.2. The highest BCUT2D eigenvalue weighted by molar-refractivity contribution is 5.54. The van der Waals surface area contributed by atoms with Crippen molar-refractivity contribution in [1.82, 2.24) is 25.1 Å². The number of aromatic amines is 1. The van der Waals surface area contributed by atoms with Crippen molar-refractivity contribution in [2.45, 2.75) is 12.8 Å². The quantitative estimate of drug-likeness (QED) is 0.621. The summed E-state index contributed by atoms with van der Waals surface area (Å²) in [6, 6.07) is 0. The number of nitrogens with two attached hydrogens (primary N) is 1. The Morgan fingerprint density at radius 3 is 2.88 bits per heavy atom. The van der Waals surface area contributed by atoms with Crippen molar-refractivity contribution in [3.63, 3.8) is 0 Å². The number of aryl methyl sites for hydroxylation is 1. The zero-order valence-corrected chi connectivity index (χ0v) is 8.72. The van der Waals surface area contributed by atoms with Crippen molar-refractivity contribution >= 4 is 11.6 Å². The van der Waals surface area contributed by atoms with Gasteiger partial charge in [-0.05, 0) is 6.42 Å². The number of hydrogen-bond donors (Lipinski definition) is 3. The number of anilines is 2. The van der Waals surface area contributed by atoms with Crippen LogP contribution in [0.15, 0.2) is 18.7 Å². The Bertz CT molecular complexity index is 425. The van der Waals surface area contributed by atoms with Gasteiger partial charge in [0, 0.05) is 25.4 Å². The molecule has 7 nitrogen and oxygen atoms in total. The van der Waals surface area contributed by atoms with Crippen LogP contribution in [0.4, 0.5) is 11.6 Å². The van der Waals surface area contributed by atoms with Crippen molar-refractivity contribution in [1.29, 1.82) is 0 Å². The van der Waals surface area contributed by atoms with E-state index in [0.29, 0.717) is 11.6 Å². The molecule has 0 aliphatic rings. The lowest BCUT2D eigenvalue weighted by Crippen LogP contribution is -2.08. The average Bonchev–Trinajstić information content (AvgIpc) is 2.79. The van der Waals surface area contributed by atoms with Crippen molar-refractivity contribution in [3.05, 3.63) is 24.5 Å². The van der Waals surface area contributed by atoms with E-state index in [1.807, 2.05) is 0 Å². The fraction of sp³-hybridized carbons (Fsp3) is 0.333. The van der Waals surface area contributed by atoms with E-state index >= 15 is 0 Å². The molecule has 0 saturated heterocycles. The Hall–Kier alpha value is -2.18. The second-order valence-corrected chi connectivity index (χ2v) is 3.25. The van der Waals surface area contributed by atoms with Crippen LogP contribution in [0.3, 0.4) is 0 Å². The molecule has 84 valence electrons. The van der Waals surface area contributed by atoms with Crippen molar-refractivity contribution < 1.29 is 0 Å². The molecule has 2 rings (SSSR count). The molecule has 0 amide bonds. The van der Waals surface area contributed by atoms with E-state index in [-0.39, 0.29) is 0 Å². The number of hydrogen-bond acceptors (Lipinski definition) is 6. The minimum atomic E-state index is 0.419. The monoisotopic (exact) mass is 219 g/mol. The summed E-state index contributed by atoms with van der Waals surface area (Å²) in [5.41, 5.74) is 5.63. The maximum Gasteiger partial charge on any atom is 0.168 e. The highest BCUT2D eigenvalue weighted by atomic mass is 15.2. The van der Waals surface area contributed by atoms with Crippen molar-refractivity contribution in [2.75, 3.05) is 17.6 Å². The molecular weight excluding hydrogens is 206 g/mol. The summed E-state index contributed by atoms with van der Waals surface area (Å²) >= 11 is 0. The molecular formula is C9H13N7. The predicted octanol–water partition coefficient (Wildman–Crippen LogP) is 0.222. The van der Waals surface area contributed by atoms with E-state index in [1.165, 1.54) is 6.33 Å². The van der Waals surface area contributed by atoms with Gasteiger partial charge >= 0.3 is 0 Å². The zero-order chi connectivity index (χ0) is 11.2. The molecule has 2 aromatic rings. The molecule has 0 spiro atoms. The van der Waals surface area contributed by atoms with Gasteiger partial charge in [0.1, 0.15) is 12.2 Å². The van der Waals surface area contributed by atoms with E-state index in [0.717, 1.165) is 25.2 Å². The standard InChI is InChI=1S/C9H13N7/c10-8-9(13-5-4-11-8)12-3-1-2-7-14-6-15-16-7/h4-6H,1-3H2,(H2,10,11)(H,12,13)(H,14,15,16). The van der Waals surface area contributed by atoms with Gasteiger partial charge in [0.25, 0.3) is 0 Å². The van der Waals surface area contributed by atoms with Gasteiger partial charge in [-0.1, -0.05) is 0 Å². The maximum absolute atomic E-state index is 5.63. The highest BCUT2D eigenvalue weighted by Gasteiger charge is 2.00. The van der Waals surface area contributed by atoms with Crippen LogP contribution in [0.5, 0.6) is 0 Å². The Morgan fingerprint density at radius 2 is 2.12 bits per heavy atom. The van der Waals surface area contributed by atoms with Crippen LogP contribution in [-0.2, 0) is 6.42 Å². The summed E-state index contributed by atoms with van der Waals surface area (Å²) in [4.78, 5) is 12.0. The Balaban J connectivity index is 1.74. The van der Waals surface area contributed by atoms with Crippen LogP contribution in [0.1, 0.15) is 12.2 Å². The first kappa shape index (κ1) is 10.3. The third-order valence-corrected chi connectivity index (χ3v) is 2.07. The summed E-state index contributed by atoms with van der Waals surface area (Å²) < 4.78 is 0. The summed E-state index contributed by atoms with van der Waals surface area (Å²) in [5.74, 6) is 1.93. The lowest BCUT2D eigenvalue weighted by molar-refractivity contribution is 0.803. The van der Waals surface area contributed by atoms with Crippen LogP contribution in [-0.4, -0.2) is 31.7 Å². The predicted molar refractivity (Wildman–Crippen MR) is 59.6 cm³/mol. The molecule has 0 aliphatic carbocycles. The molecule has 0 aliphatic heterocycles. The van der Waals surface area contributed by atoms with Gasteiger partial charge in [0.2, 0.25) is 0 Å². The van der Waals surface area contributed by atoms with Gasteiger partial charge in [0.15, 0.2) is 11.6 Å². The van der Waals surface area contributed by atoms with Gasteiger partial charge < -0.3 is 11.1 Å². The Morgan fingerprint density at radius 1 is 1.25 bits per heavy atom. The van der Waals surface area contributed by atoms with Crippen molar-refractivity contribution in [2.24, 2.45) is 0 Å². The van der Waals surface area contributed by atoms with Gasteiger partial charge in [-0.25, -0.2) is 15.0 Å². The SMILES string of the molecule is Nc1nccnc1NCCCc1ncn[nH]1. The number of nitrogens with one attached hydrogen (secondary N) is 2. The third-order valence-electron chi connectivity index (χ3n) is 2.07. The van der Waals surface area contributed by atoms with Gasteiger partial charge in [0.05, 0.1) is 0 Å². The van der Waals surface area contributed by atoms with E-state index in [2.05, 4.69) is 30.5 Å². The number of nitrogen functional groups attached to an aromatic ring is 1. The Kier molecular flexibility index (Phi) is 3.27. The third kappa shape index (κ3) is 2.66. The van der Waals surface area contributed by atoms with Gasteiger partial charge in [-0.15, -0.1) is 0 Å². The van der Waals surface area contributed by atoms with Crippen LogP contribution in [0, 0.1) is 0 Å². The topological polar surface area (TPSA) is 105 Å². The number of aromatic nitrogens is 5. The number of H-pyrrole nitrogens is 1. The maximum atomic E-state index is 5.63. The minimum Gasteiger partial charge on any atom is -0.381 e. The minimum absolute atomic E-state index is 0.419. The Labute approximate surface area is 92.5 Å². The fourth-order valence-electron chi connectivity index (χ4n) is 1.30. The summed E-state index contributed by atoms with van der Waals surface area (Å²) in [6.07, 6.45) is 6.44. The molecule has 0 saturated carbocycles. The van der Waals surface area contributed by atoms with Crippen LogP contribution < -0.4 is 11.1 Å². The van der Waals surface area contributed by atoms with E-state index < -0.39 is 0 Å². The van der Waals surface area contributed by atoms with Crippen LogP contribution >= 0.6 is 0 Å². The molecule has 4 N–H and O–H groups in total. The molecule has 0 fully saturated rings. The lowest BCUT2D eigenvalue weighted by atomic mass is 10.3. The van der Waals surface area contributed by atoms with E-state index in [4.69, 9.17) is 5.73 Å².